The van der Waals surface area contributed by atoms with Gasteiger partial charge in [0.05, 0.1) is 6.04 Å². The summed E-state index contributed by atoms with van der Waals surface area (Å²) in [5, 5.41) is 6.34. The van der Waals surface area contributed by atoms with Gasteiger partial charge in [-0.15, -0.1) is 0 Å². The zero-order valence-corrected chi connectivity index (χ0v) is 13.7. The van der Waals surface area contributed by atoms with Gasteiger partial charge in [-0.1, -0.05) is 35.5 Å². The summed E-state index contributed by atoms with van der Waals surface area (Å²) in [5.74, 6) is -0.00618. The van der Waals surface area contributed by atoms with E-state index in [1.165, 1.54) is 6.92 Å². The molecule has 128 valence electrons. The fourth-order valence-corrected chi connectivity index (χ4v) is 2.01. The van der Waals surface area contributed by atoms with Crippen molar-refractivity contribution >= 4 is 12.1 Å². The van der Waals surface area contributed by atoms with Gasteiger partial charge in [-0.25, -0.2) is 4.79 Å². The third kappa shape index (κ3) is 5.08. The Morgan fingerprint density at radius 3 is 2.58 bits per heavy atom. The van der Waals surface area contributed by atoms with Crippen molar-refractivity contribution < 1.29 is 23.6 Å². The number of rotatable bonds is 6. The second kappa shape index (κ2) is 8.09. The number of aryl methyl sites for hydroxylation is 1. The molecule has 2 rings (SSSR count). The maximum absolute atomic E-state index is 11.9. The summed E-state index contributed by atoms with van der Waals surface area (Å²) in [6, 6.07) is 8.68. The van der Waals surface area contributed by atoms with Crippen LogP contribution in [-0.2, 0) is 20.9 Å². The van der Waals surface area contributed by atoms with E-state index in [2.05, 4.69) is 15.5 Å². The highest BCUT2D eigenvalue weighted by Gasteiger charge is 2.28. The molecular weight excluding hydrogens is 314 g/mol. The van der Waals surface area contributed by atoms with Crippen LogP contribution in [0.1, 0.15) is 37.2 Å². The largest absolute Gasteiger partial charge is 0.452 e. The summed E-state index contributed by atoms with van der Waals surface area (Å²) >= 11 is 0. The van der Waals surface area contributed by atoms with E-state index in [1.807, 2.05) is 30.3 Å². The number of carbonyl (C=O) groups excluding carboxylic acids is 2. The van der Waals surface area contributed by atoms with Crippen molar-refractivity contribution in [1.82, 2.24) is 15.5 Å². The van der Waals surface area contributed by atoms with Gasteiger partial charge in [0, 0.05) is 13.8 Å². The number of ether oxygens (including phenoxy) is 2. The summed E-state index contributed by atoms with van der Waals surface area (Å²) in [4.78, 5) is 27.2. The number of hydrogen-bond acceptors (Lipinski definition) is 7. The van der Waals surface area contributed by atoms with Crippen LogP contribution >= 0.6 is 0 Å². The summed E-state index contributed by atoms with van der Waals surface area (Å²) in [7, 11) is 0. The molecule has 8 nitrogen and oxygen atoms in total. The van der Waals surface area contributed by atoms with Crippen LogP contribution in [0, 0.1) is 6.92 Å². The van der Waals surface area contributed by atoms with E-state index < -0.39 is 24.2 Å². The molecule has 0 aliphatic rings. The van der Waals surface area contributed by atoms with E-state index in [1.54, 1.807) is 13.8 Å². The van der Waals surface area contributed by atoms with Crippen LogP contribution in [0.3, 0.4) is 0 Å². The Morgan fingerprint density at radius 1 is 1.29 bits per heavy atom. The second-order valence-electron chi connectivity index (χ2n) is 5.20. The van der Waals surface area contributed by atoms with Crippen molar-refractivity contribution in [2.45, 2.75) is 39.5 Å². The molecule has 1 N–H and O–H groups in total. The summed E-state index contributed by atoms with van der Waals surface area (Å²) in [6.07, 6.45) is -1.51. The molecule has 0 aliphatic carbocycles. The van der Waals surface area contributed by atoms with Gasteiger partial charge in [-0.05, 0) is 12.5 Å². The second-order valence-corrected chi connectivity index (χ2v) is 5.20. The topological polar surface area (TPSA) is 104 Å². The lowest BCUT2D eigenvalue weighted by atomic mass is 10.2. The smallest absolute Gasteiger partial charge is 0.407 e. The number of carbonyl (C=O) groups is 2. The van der Waals surface area contributed by atoms with Gasteiger partial charge >= 0.3 is 12.1 Å². The highest BCUT2D eigenvalue weighted by atomic mass is 16.6. The lowest BCUT2D eigenvalue weighted by molar-refractivity contribution is -0.148. The molecule has 2 unspecified atom stereocenters. The first-order valence-corrected chi connectivity index (χ1v) is 7.40. The minimum Gasteiger partial charge on any atom is -0.452 e. The molecule has 0 fully saturated rings. The van der Waals surface area contributed by atoms with E-state index in [9.17, 15) is 9.59 Å². The molecule has 24 heavy (non-hydrogen) atoms. The fourth-order valence-electron chi connectivity index (χ4n) is 2.01. The minimum absolute atomic E-state index is 0.138. The van der Waals surface area contributed by atoms with Crippen LogP contribution in [-0.4, -0.2) is 28.2 Å². The number of nitrogens with one attached hydrogen (secondary N) is 1. The van der Waals surface area contributed by atoms with Gasteiger partial charge < -0.3 is 19.3 Å². The molecule has 0 spiro atoms. The predicted octanol–water partition coefficient (Wildman–Crippen LogP) is 2.30. The number of amides is 1. The van der Waals surface area contributed by atoms with E-state index in [0.717, 1.165) is 5.56 Å². The maximum atomic E-state index is 11.9. The Kier molecular flexibility index (Phi) is 5.89. The summed E-state index contributed by atoms with van der Waals surface area (Å²) in [5.41, 5.74) is 0.866. The Labute approximate surface area is 139 Å². The SMILES string of the molecule is CC(=O)OC(c1noc(C)n1)C(C)NC(=O)OCc1ccccc1. The van der Waals surface area contributed by atoms with Crippen molar-refractivity contribution in [1.29, 1.82) is 0 Å². The molecular formula is C16H19N3O5. The highest BCUT2D eigenvalue weighted by molar-refractivity contribution is 5.68. The van der Waals surface area contributed by atoms with Gasteiger partial charge in [0.1, 0.15) is 6.61 Å². The molecule has 2 aromatic rings. The van der Waals surface area contributed by atoms with Crippen molar-refractivity contribution in [3.05, 3.63) is 47.6 Å². The van der Waals surface area contributed by atoms with Crippen molar-refractivity contribution in [2.75, 3.05) is 0 Å². The minimum atomic E-state index is -0.871. The molecule has 1 amide bonds. The molecule has 1 heterocycles. The van der Waals surface area contributed by atoms with Gasteiger partial charge in [0.25, 0.3) is 0 Å². The number of benzene rings is 1. The Hall–Kier alpha value is -2.90. The Bertz CT molecular complexity index is 686. The third-order valence-electron chi connectivity index (χ3n) is 3.10. The first-order valence-electron chi connectivity index (χ1n) is 7.40. The number of aromatic nitrogens is 2. The van der Waals surface area contributed by atoms with Crippen LogP contribution < -0.4 is 5.32 Å². The molecule has 0 aliphatic heterocycles. The standard InChI is InChI=1S/C16H19N3O5/c1-10(14(23-12(3)20)15-18-11(2)24-19-15)17-16(21)22-9-13-7-5-4-6-8-13/h4-8,10,14H,9H2,1-3H3,(H,17,21). The maximum Gasteiger partial charge on any atom is 0.407 e. The van der Waals surface area contributed by atoms with E-state index in [4.69, 9.17) is 14.0 Å². The quantitative estimate of drug-likeness (QED) is 0.809. The summed E-state index contributed by atoms with van der Waals surface area (Å²) in [6.45, 7) is 4.68. The lowest BCUT2D eigenvalue weighted by Crippen LogP contribution is -2.39. The highest BCUT2D eigenvalue weighted by Crippen LogP contribution is 2.19. The van der Waals surface area contributed by atoms with Crippen LogP contribution in [0.4, 0.5) is 4.79 Å². The Balaban J connectivity index is 1.95. The van der Waals surface area contributed by atoms with Crippen LogP contribution in [0.25, 0.3) is 0 Å². The molecule has 2 atom stereocenters. The number of alkyl carbamates (subject to hydrolysis) is 1. The van der Waals surface area contributed by atoms with E-state index >= 15 is 0 Å². The molecule has 1 aromatic carbocycles. The fraction of sp³-hybridized carbons (Fsp3) is 0.375. The molecule has 0 saturated carbocycles. The van der Waals surface area contributed by atoms with Crippen molar-refractivity contribution in [3.8, 4) is 0 Å². The first kappa shape index (κ1) is 17.5. The average molecular weight is 333 g/mol. The van der Waals surface area contributed by atoms with Crippen LogP contribution in [0.5, 0.6) is 0 Å². The normalized spacial score (nSPS) is 13.0. The van der Waals surface area contributed by atoms with Crippen LogP contribution in [0.15, 0.2) is 34.9 Å². The molecule has 1 aromatic heterocycles. The van der Waals surface area contributed by atoms with Gasteiger partial charge in [-0.2, -0.15) is 4.98 Å². The van der Waals surface area contributed by atoms with Gasteiger partial charge in [0.2, 0.25) is 11.7 Å². The van der Waals surface area contributed by atoms with Gasteiger partial charge in [0.15, 0.2) is 6.10 Å². The lowest BCUT2D eigenvalue weighted by Gasteiger charge is -2.21. The molecule has 0 radical (unpaired) electrons. The zero-order chi connectivity index (χ0) is 17.5. The third-order valence-corrected chi connectivity index (χ3v) is 3.10. The summed E-state index contributed by atoms with van der Waals surface area (Å²) < 4.78 is 15.2. The molecule has 0 bridgehead atoms. The van der Waals surface area contributed by atoms with Crippen LogP contribution in [0.2, 0.25) is 0 Å². The Morgan fingerprint density at radius 2 is 2.00 bits per heavy atom. The molecule has 8 heteroatoms. The average Bonchev–Trinajstić information content (AvgIpc) is 2.97. The van der Waals surface area contributed by atoms with Crippen molar-refractivity contribution in [2.24, 2.45) is 0 Å². The van der Waals surface area contributed by atoms with E-state index in [0.29, 0.717) is 5.89 Å². The predicted molar refractivity (Wildman–Crippen MR) is 82.8 cm³/mol. The van der Waals surface area contributed by atoms with Crippen molar-refractivity contribution in [3.63, 3.8) is 0 Å². The monoisotopic (exact) mass is 333 g/mol. The molecule has 0 saturated heterocycles. The number of hydrogen-bond donors (Lipinski definition) is 1. The van der Waals surface area contributed by atoms with Gasteiger partial charge in [-0.3, -0.25) is 4.79 Å². The zero-order valence-electron chi connectivity index (χ0n) is 13.7. The first-order chi connectivity index (χ1) is 11.5. The number of esters is 1. The number of nitrogens with zero attached hydrogens (tertiary/aromatic N) is 2. The van der Waals surface area contributed by atoms with E-state index in [-0.39, 0.29) is 12.4 Å².